The van der Waals surface area contributed by atoms with Gasteiger partial charge in [-0.25, -0.2) is 0 Å². The Morgan fingerprint density at radius 1 is 1.04 bits per heavy atom. The minimum Gasteiger partial charge on any atom is -0.491 e. The fourth-order valence-electron chi connectivity index (χ4n) is 2.21. The summed E-state index contributed by atoms with van der Waals surface area (Å²) in [4.78, 5) is 12.2. The zero-order valence-corrected chi connectivity index (χ0v) is 14.7. The van der Waals surface area contributed by atoms with Crippen LogP contribution in [-0.4, -0.2) is 24.7 Å². The van der Waals surface area contributed by atoms with Crippen molar-refractivity contribution >= 4 is 5.91 Å². The van der Waals surface area contributed by atoms with Gasteiger partial charge in [0.25, 0.3) is 5.91 Å². The smallest absolute Gasteiger partial charge is 0.261 e. The average molecular weight is 327 g/mol. The first-order valence-electron chi connectivity index (χ1n) is 8.18. The Morgan fingerprint density at radius 2 is 1.71 bits per heavy atom. The minimum absolute atomic E-state index is 0.110. The predicted octanol–water partition coefficient (Wildman–Crippen LogP) is 3.65. The molecule has 0 fully saturated rings. The maximum atomic E-state index is 12.2. The van der Waals surface area contributed by atoms with Crippen molar-refractivity contribution in [1.82, 2.24) is 5.32 Å². The highest BCUT2D eigenvalue weighted by molar-refractivity contribution is 5.81. The lowest BCUT2D eigenvalue weighted by Crippen LogP contribution is -2.43. The third kappa shape index (κ3) is 5.30. The molecule has 4 heteroatoms. The van der Waals surface area contributed by atoms with Gasteiger partial charge in [-0.1, -0.05) is 35.9 Å². The van der Waals surface area contributed by atoms with Crippen LogP contribution in [0.1, 0.15) is 25.0 Å². The number of ether oxygens (including phenoxy) is 2. The molecule has 128 valence electrons. The molecule has 2 atom stereocenters. The van der Waals surface area contributed by atoms with Gasteiger partial charge in [-0.3, -0.25) is 4.79 Å². The fraction of sp³-hybridized carbons (Fsp3) is 0.350. The van der Waals surface area contributed by atoms with Crippen LogP contribution in [0.4, 0.5) is 0 Å². The van der Waals surface area contributed by atoms with Gasteiger partial charge < -0.3 is 14.8 Å². The second-order valence-electron chi connectivity index (χ2n) is 6.06. The first kappa shape index (κ1) is 17.9. The van der Waals surface area contributed by atoms with Crippen LogP contribution in [0.5, 0.6) is 11.5 Å². The molecule has 4 nitrogen and oxygen atoms in total. The molecule has 0 saturated carbocycles. The summed E-state index contributed by atoms with van der Waals surface area (Å²) in [6, 6.07) is 15.4. The third-order valence-electron chi connectivity index (χ3n) is 3.67. The largest absolute Gasteiger partial charge is 0.491 e. The summed E-state index contributed by atoms with van der Waals surface area (Å²) in [6.45, 7) is 8.07. The molecular weight excluding hydrogens is 302 g/mol. The molecule has 0 spiro atoms. The quantitative estimate of drug-likeness (QED) is 0.844. The van der Waals surface area contributed by atoms with Gasteiger partial charge >= 0.3 is 0 Å². The Balaban J connectivity index is 1.80. The molecule has 2 aromatic rings. The topological polar surface area (TPSA) is 47.6 Å². The van der Waals surface area contributed by atoms with E-state index in [1.807, 2.05) is 69.3 Å². The monoisotopic (exact) mass is 327 g/mol. The standard InChI is InChI=1S/C20H25NO3/c1-14-9-11-18(12-10-14)24-17(4)20(22)21-16(3)13-23-19-8-6-5-7-15(19)2/h5-12,16-17H,13H2,1-4H3,(H,21,22)/t16-,17+/m1/s1. The van der Waals surface area contributed by atoms with Gasteiger partial charge in [-0.2, -0.15) is 0 Å². The number of aryl methyl sites for hydroxylation is 2. The number of benzene rings is 2. The first-order valence-corrected chi connectivity index (χ1v) is 8.18. The van der Waals surface area contributed by atoms with Gasteiger partial charge in [-0.15, -0.1) is 0 Å². The van der Waals surface area contributed by atoms with Crippen LogP contribution in [-0.2, 0) is 4.79 Å². The molecule has 1 N–H and O–H groups in total. The number of amides is 1. The van der Waals surface area contributed by atoms with Crippen molar-refractivity contribution < 1.29 is 14.3 Å². The lowest BCUT2D eigenvalue weighted by molar-refractivity contribution is -0.128. The van der Waals surface area contributed by atoms with Crippen LogP contribution in [0.2, 0.25) is 0 Å². The molecule has 0 saturated heterocycles. The van der Waals surface area contributed by atoms with Crippen LogP contribution in [0.3, 0.4) is 0 Å². The molecular formula is C20H25NO3. The average Bonchev–Trinajstić information content (AvgIpc) is 2.56. The maximum absolute atomic E-state index is 12.2. The minimum atomic E-state index is -0.561. The highest BCUT2D eigenvalue weighted by Crippen LogP contribution is 2.16. The summed E-state index contributed by atoms with van der Waals surface area (Å²) in [5.41, 5.74) is 2.23. The molecule has 24 heavy (non-hydrogen) atoms. The van der Waals surface area contributed by atoms with Crippen LogP contribution < -0.4 is 14.8 Å². The normalized spacial score (nSPS) is 13.0. The van der Waals surface area contributed by atoms with E-state index in [2.05, 4.69) is 5.32 Å². The summed E-state index contributed by atoms with van der Waals surface area (Å²) < 4.78 is 11.4. The number of hydrogen-bond donors (Lipinski definition) is 1. The van der Waals surface area contributed by atoms with Crippen LogP contribution in [0.15, 0.2) is 48.5 Å². The summed E-state index contributed by atoms with van der Waals surface area (Å²) in [5, 5.41) is 2.91. The highest BCUT2D eigenvalue weighted by Gasteiger charge is 2.17. The number of carbonyl (C=O) groups excluding carboxylic acids is 1. The number of carbonyl (C=O) groups is 1. The van der Waals surface area contributed by atoms with E-state index in [0.29, 0.717) is 12.4 Å². The Bertz CT molecular complexity index is 667. The van der Waals surface area contributed by atoms with E-state index in [-0.39, 0.29) is 11.9 Å². The number of hydrogen-bond acceptors (Lipinski definition) is 3. The van der Waals surface area contributed by atoms with E-state index in [9.17, 15) is 4.79 Å². The lowest BCUT2D eigenvalue weighted by Gasteiger charge is -2.19. The lowest BCUT2D eigenvalue weighted by atomic mass is 10.2. The Kier molecular flexibility index (Phi) is 6.24. The maximum Gasteiger partial charge on any atom is 0.261 e. The molecule has 0 aliphatic heterocycles. The van der Waals surface area contributed by atoms with E-state index in [0.717, 1.165) is 16.9 Å². The number of nitrogens with one attached hydrogen (secondary N) is 1. The predicted molar refractivity (Wildman–Crippen MR) is 95.5 cm³/mol. The van der Waals surface area contributed by atoms with Crippen LogP contribution in [0, 0.1) is 13.8 Å². The van der Waals surface area contributed by atoms with Crippen molar-refractivity contribution in [2.45, 2.75) is 39.8 Å². The van der Waals surface area contributed by atoms with Crippen molar-refractivity contribution in [3.8, 4) is 11.5 Å². The SMILES string of the molecule is Cc1ccc(O[C@@H](C)C(=O)N[C@H](C)COc2ccccc2C)cc1. The molecule has 0 heterocycles. The molecule has 2 aromatic carbocycles. The Morgan fingerprint density at radius 3 is 2.38 bits per heavy atom. The molecule has 0 bridgehead atoms. The fourth-order valence-corrected chi connectivity index (χ4v) is 2.21. The Labute approximate surface area is 143 Å². The summed E-state index contributed by atoms with van der Waals surface area (Å²) in [6.07, 6.45) is -0.561. The zero-order chi connectivity index (χ0) is 17.5. The number of para-hydroxylation sites is 1. The molecule has 0 radical (unpaired) electrons. The second kappa shape index (κ2) is 8.39. The van der Waals surface area contributed by atoms with E-state index in [4.69, 9.17) is 9.47 Å². The van der Waals surface area contributed by atoms with Crippen molar-refractivity contribution in [3.05, 3.63) is 59.7 Å². The van der Waals surface area contributed by atoms with E-state index in [1.165, 1.54) is 0 Å². The van der Waals surface area contributed by atoms with Gasteiger partial charge in [0.15, 0.2) is 6.10 Å². The highest BCUT2D eigenvalue weighted by atomic mass is 16.5. The van der Waals surface area contributed by atoms with Crippen molar-refractivity contribution in [2.75, 3.05) is 6.61 Å². The van der Waals surface area contributed by atoms with Gasteiger partial charge in [0.1, 0.15) is 18.1 Å². The van der Waals surface area contributed by atoms with Crippen molar-refractivity contribution in [3.63, 3.8) is 0 Å². The number of rotatable bonds is 7. The second-order valence-corrected chi connectivity index (χ2v) is 6.06. The molecule has 0 aromatic heterocycles. The van der Waals surface area contributed by atoms with Crippen LogP contribution in [0.25, 0.3) is 0 Å². The van der Waals surface area contributed by atoms with Gasteiger partial charge in [0, 0.05) is 0 Å². The summed E-state index contributed by atoms with van der Waals surface area (Å²) in [5.74, 6) is 1.37. The van der Waals surface area contributed by atoms with Crippen molar-refractivity contribution in [1.29, 1.82) is 0 Å². The summed E-state index contributed by atoms with van der Waals surface area (Å²) >= 11 is 0. The van der Waals surface area contributed by atoms with E-state index < -0.39 is 6.10 Å². The van der Waals surface area contributed by atoms with Gasteiger partial charge in [0.2, 0.25) is 0 Å². The molecule has 0 aliphatic carbocycles. The first-order chi connectivity index (χ1) is 11.5. The molecule has 2 rings (SSSR count). The molecule has 1 amide bonds. The van der Waals surface area contributed by atoms with Crippen molar-refractivity contribution in [2.24, 2.45) is 0 Å². The van der Waals surface area contributed by atoms with E-state index in [1.54, 1.807) is 6.92 Å². The molecule has 0 aliphatic rings. The van der Waals surface area contributed by atoms with E-state index >= 15 is 0 Å². The zero-order valence-electron chi connectivity index (χ0n) is 14.7. The summed E-state index contributed by atoms with van der Waals surface area (Å²) in [7, 11) is 0. The van der Waals surface area contributed by atoms with Gasteiger partial charge in [-0.05, 0) is 51.5 Å². The Hall–Kier alpha value is -2.49. The van der Waals surface area contributed by atoms with Gasteiger partial charge in [0.05, 0.1) is 6.04 Å². The third-order valence-corrected chi connectivity index (χ3v) is 3.67. The molecule has 0 unspecified atom stereocenters. The van der Waals surface area contributed by atoms with Crippen LogP contribution >= 0.6 is 0 Å².